The van der Waals surface area contributed by atoms with Crippen molar-refractivity contribution in [2.24, 2.45) is 4.99 Å². The SMILES string of the molecule is COc1ccc(N=C2S/C(=C\c3cccn3-c3ccc(C)c(Cl)c3)C(=O)N2C)cc1. The summed E-state index contributed by atoms with van der Waals surface area (Å²) in [6, 6.07) is 17.2. The number of methoxy groups -OCH3 is 1. The first kappa shape index (κ1) is 20.3. The number of hydrogen-bond donors (Lipinski definition) is 0. The predicted molar refractivity (Wildman–Crippen MR) is 124 cm³/mol. The van der Waals surface area contributed by atoms with Gasteiger partial charge in [0.05, 0.1) is 17.7 Å². The fourth-order valence-electron chi connectivity index (χ4n) is 3.03. The maximum Gasteiger partial charge on any atom is 0.266 e. The van der Waals surface area contributed by atoms with Crippen molar-refractivity contribution in [3.8, 4) is 11.4 Å². The van der Waals surface area contributed by atoms with E-state index in [0.717, 1.165) is 28.4 Å². The summed E-state index contributed by atoms with van der Waals surface area (Å²) in [5.41, 5.74) is 3.62. The number of hydrogen-bond acceptors (Lipinski definition) is 4. The number of rotatable bonds is 4. The monoisotopic (exact) mass is 437 g/mol. The molecular formula is C23H20ClN3O2S. The van der Waals surface area contributed by atoms with Crippen molar-refractivity contribution in [1.29, 1.82) is 0 Å². The molecule has 0 N–H and O–H groups in total. The van der Waals surface area contributed by atoms with E-state index in [0.29, 0.717) is 15.1 Å². The van der Waals surface area contributed by atoms with Crippen molar-refractivity contribution >= 4 is 46.2 Å². The number of carbonyl (C=O) groups excluding carboxylic acids is 1. The van der Waals surface area contributed by atoms with Gasteiger partial charge in [-0.1, -0.05) is 17.7 Å². The molecule has 1 aromatic heterocycles. The Morgan fingerprint density at radius 3 is 2.60 bits per heavy atom. The summed E-state index contributed by atoms with van der Waals surface area (Å²) in [5, 5.41) is 1.34. The molecule has 4 rings (SSSR count). The lowest BCUT2D eigenvalue weighted by Crippen LogP contribution is -2.23. The largest absolute Gasteiger partial charge is 0.497 e. The number of aryl methyl sites for hydroxylation is 1. The van der Waals surface area contributed by atoms with E-state index in [1.54, 1.807) is 19.1 Å². The number of likely N-dealkylation sites (N-methyl/N-ethyl adjacent to an activating group) is 1. The minimum absolute atomic E-state index is 0.0815. The van der Waals surface area contributed by atoms with Crippen LogP contribution in [0.4, 0.5) is 5.69 Å². The van der Waals surface area contributed by atoms with Crippen LogP contribution in [0.3, 0.4) is 0 Å². The third-order valence-corrected chi connectivity index (χ3v) is 6.26. The Kier molecular flexibility index (Phi) is 5.70. The maximum atomic E-state index is 12.8. The predicted octanol–water partition coefficient (Wildman–Crippen LogP) is 5.68. The summed E-state index contributed by atoms with van der Waals surface area (Å²) >= 11 is 7.65. The third kappa shape index (κ3) is 4.01. The lowest BCUT2D eigenvalue weighted by Gasteiger charge is -2.09. The van der Waals surface area contributed by atoms with Crippen LogP contribution in [0.2, 0.25) is 5.02 Å². The molecular weight excluding hydrogens is 418 g/mol. The Labute approximate surface area is 184 Å². The molecule has 0 aliphatic carbocycles. The van der Waals surface area contributed by atoms with Gasteiger partial charge in [-0.25, -0.2) is 4.99 Å². The number of amides is 1. The number of ether oxygens (including phenoxy) is 1. The van der Waals surface area contributed by atoms with E-state index >= 15 is 0 Å². The van der Waals surface area contributed by atoms with E-state index in [9.17, 15) is 4.79 Å². The summed E-state index contributed by atoms with van der Waals surface area (Å²) in [6.07, 6.45) is 3.83. The maximum absolute atomic E-state index is 12.8. The van der Waals surface area contributed by atoms with Crippen LogP contribution in [0.5, 0.6) is 5.75 Å². The van der Waals surface area contributed by atoms with Crippen LogP contribution in [-0.4, -0.2) is 34.7 Å². The molecule has 3 aromatic rings. The molecule has 7 heteroatoms. The van der Waals surface area contributed by atoms with Crippen LogP contribution in [0, 0.1) is 6.92 Å². The lowest BCUT2D eigenvalue weighted by atomic mass is 10.2. The van der Waals surface area contributed by atoms with Gasteiger partial charge < -0.3 is 9.30 Å². The van der Waals surface area contributed by atoms with Crippen molar-refractivity contribution in [3.63, 3.8) is 0 Å². The molecule has 0 radical (unpaired) electrons. The average Bonchev–Trinajstić information content (AvgIpc) is 3.31. The van der Waals surface area contributed by atoms with E-state index in [4.69, 9.17) is 16.3 Å². The normalized spacial score (nSPS) is 16.7. The number of amidine groups is 1. The van der Waals surface area contributed by atoms with Crippen molar-refractivity contribution < 1.29 is 9.53 Å². The van der Waals surface area contributed by atoms with Crippen molar-refractivity contribution in [3.05, 3.63) is 82.0 Å². The van der Waals surface area contributed by atoms with Gasteiger partial charge in [0.2, 0.25) is 0 Å². The molecule has 0 atom stereocenters. The molecule has 0 bridgehead atoms. The van der Waals surface area contributed by atoms with Gasteiger partial charge in [0.15, 0.2) is 5.17 Å². The second-order valence-electron chi connectivity index (χ2n) is 6.80. The Bertz CT molecular complexity index is 1170. The molecule has 0 saturated carbocycles. The van der Waals surface area contributed by atoms with Gasteiger partial charge in [0, 0.05) is 29.6 Å². The van der Waals surface area contributed by atoms with Crippen LogP contribution in [0.15, 0.2) is 70.7 Å². The molecule has 30 heavy (non-hydrogen) atoms. The van der Waals surface area contributed by atoms with E-state index in [-0.39, 0.29) is 5.91 Å². The minimum atomic E-state index is -0.0815. The Morgan fingerprint density at radius 2 is 1.90 bits per heavy atom. The van der Waals surface area contributed by atoms with Gasteiger partial charge in [-0.3, -0.25) is 9.69 Å². The third-order valence-electron chi connectivity index (χ3n) is 4.79. The number of halogens is 1. The highest BCUT2D eigenvalue weighted by Crippen LogP contribution is 2.34. The second-order valence-corrected chi connectivity index (χ2v) is 8.22. The topological polar surface area (TPSA) is 46.8 Å². The molecule has 1 aliphatic heterocycles. The molecule has 152 valence electrons. The van der Waals surface area contributed by atoms with Gasteiger partial charge in [-0.15, -0.1) is 0 Å². The van der Waals surface area contributed by atoms with Crippen LogP contribution < -0.4 is 4.74 Å². The smallest absolute Gasteiger partial charge is 0.266 e. The van der Waals surface area contributed by atoms with Crippen LogP contribution in [0.25, 0.3) is 11.8 Å². The number of thioether (sulfide) groups is 1. The first-order valence-corrected chi connectivity index (χ1v) is 10.5. The molecule has 0 unspecified atom stereocenters. The van der Waals surface area contributed by atoms with E-state index in [1.165, 1.54) is 11.8 Å². The van der Waals surface area contributed by atoms with E-state index < -0.39 is 0 Å². The molecule has 5 nitrogen and oxygen atoms in total. The molecule has 1 fully saturated rings. The van der Waals surface area contributed by atoms with Crippen LogP contribution >= 0.6 is 23.4 Å². The molecule has 2 heterocycles. The van der Waals surface area contributed by atoms with Gasteiger partial charge in [0.25, 0.3) is 5.91 Å². The number of carbonyl (C=O) groups is 1. The fraction of sp³-hybridized carbons (Fsp3) is 0.130. The highest BCUT2D eigenvalue weighted by atomic mass is 35.5. The Morgan fingerprint density at radius 1 is 1.13 bits per heavy atom. The average molecular weight is 438 g/mol. The van der Waals surface area contributed by atoms with Crippen molar-refractivity contribution in [2.75, 3.05) is 14.2 Å². The highest BCUT2D eigenvalue weighted by Gasteiger charge is 2.30. The fourth-order valence-corrected chi connectivity index (χ4v) is 4.18. The minimum Gasteiger partial charge on any atom is -0.497 e. The summed E-state index contributed by atoms with van der Waals surface area (Å²) in [7, 11) is 3.36. The Hall–Kier alpha value is -2.96. The molecule has 2 aromatic carbocycles. The zero-order valence-electron chi connectivity index (χ0n) is 16.8. The molecule has 1 amide bonds. The molecule has 1 saturated heterocycles. The van der Waals surface area contributed by atoms with Gasteiger partial charge in [-0.05, 0) is 78.9 Å². The summed E-state index contributed by atoms with van der Waals surface area (Å²) < 4.78 is 7.18. The van der Waals surface area contributed by atoms with E-state index in [1.807, 2.05) is 78.4 Å². The summed E-state index contributed by atoms with van der Waals surface area (Å²) in [6.45, 7) is 1.97. The van der Waals surface area contributed by atoms with Gasteiger partial charge >= 0.3 is 0 Å². The van der Waals surface area contributed by atoms with Crippen LogP contribution in [0.1, 0.15) is 11.3 Å². The number of aromatic nitrogens is 1. The summed E-state index contributed by atoms with van der Waals surface area (Å²) in [4.78, 5) is 19.6. The molecule has 0 spiro atoms. The first-order valence-electron chi connectivity index (χ1n) is 9.30. The quantitative estimate of drug-likeness (QED) is 0.493. The standard InChI is InChI=1S/C23H20ClN3O2S/c1-15-6-9-18(13-20(15)24)27-12-4-5-17(27)14-21-22(28)26(2)23(30-21)25-16-7-10-19(29-3)11-8-16/h4-14H,1-3H3/b21-14-,25-23?. The Balaban J connectivity index is 1.63. The zero-order valence-corrected chi connectivity index (χ0v) is 18.4. The molecule has 1 aliphatic rings. The lowest BCUT2D eigenvalue weighted by molar-refractivity contribution is -0.121. The second kappa shape index (κ2) is 8.42. The zero-order chi connectivity index (χ0) is 21.3. The van der Waals surface area contributed by atoms with Crippen molar-refractivity contribution in [2.45, 2.75) is 6.92 Å². The van der Waals surface area contributed by atoms with Gasteiger partial charge in [0.1, 0.15) is 5.75 Å². The van der Waals surface area contributed by atoms with Crippen molar-refractivity contribution in [1.82, 2.24) is 9.47 Å². The van der Waals surface area contributed by atoms with Gasteiger partial charge in [-0.2, -0.15) is 0 Å². The number of aliphatic imine (C=N–C) groups is 1. The van der Waals surface area contributed by atoms with Crippen LogP contribution in [-0.2, 0) is 4.79 Å². The number of nitrogens with zero attached hydrogens (tertiary/aromatic N) is 3. The highest BCUT2D eigenvalue weighted by molar-refractivity contribution is 8.18. The van der Waals surface area contributed by atoms with E-state index in [2.05, 4.69) is 4.99 Å². The summed E-state index contributed by atoms with van der Waals surface area (Å²) in [5.74, 6) is 0.682. The number of benzene rings is 2. The first-order chi connectivity index (χ1) is 14.5.